The Hall–Kier alpha value is -1.67. The second kappa shape index (κ2) is 5.27. The molecular formula is C13H15N3O3S2. The van der Waals surface area contributed by atoms with E-state index in [1.54, 1.807) is 12.3 Å². The van der Waals surface area contributed by atoms with E-state index in [1.807, 2.05) is 6.07 Å². The third-order valence-corrected chi connectivity index (χ3v) is 6.56. The molecule has 0 bridgehead atoms. The summed E-state index contributed by atoms with van der Waals surface area (Å²) in [5.41, 5.74) is 6.97. The van der Waals surface area contributed by atoms with Crippen molar-refractivity contribution in [2.45, 2.75) is 6.42 Å². The Morgan fingerprint density at radius 1 is 1.52 bits per heavy atom. The van der Waals surface area contributed by atoms with Gasteiger partial charge in [-0.25, -0.2) is 8.42 Å². The number of nitrogens with two attached hydrogens (primary N) is 1. The molecule has 3 heterocycles. The molecule has 1 aliphatic rings. The maximum absolute atomic E-state index is 12.2. The van der Waals surface area contributed by atoms with Gasteiger partial charge in [0, 0.05) is 12.7 Å². The first kappa shape index (κ1) is 14.3. The summed E-state index contributed by atoms with van der Waals surface area (Å²) in [6.07, 6.45) is 2.24. The molecule has 0 spiro atoms. The number of fused-ring (bicyclic) bond motifs is 1. The highest BCUT2D eigenvalue weighted by Crippen LogP contribution is 2.31. The summed E-state index contributed by atoms with van der Waals surface area (Å²) in [4.78, 5) is 16.8. The van der Waals surface area contributed by atoms with E-state index in [-0.39, 0.29) is 23.3 Å². The second-order valence-corrected chi connectivity index (χ2v) is 8.46. The van der Waals surface area contributed by atoms with E-state index in [0.29, 0.717) is 29.0 Å². The zero-order chi connectivity index (χ0) is 15.0. The minimum absolute atomic E-state index is 0.00678. The number of carbonyl (C=O) groups is 1. The van der Waals surface area contributed by atoms with Gasteiger partial charge in [-0.3, -0.25) is 9.78 Å². The van der Waals surface area contributed by atoms with Gasteiger partial charge < -0.3 is 11.1 Å². The van der Waals surface area contributed by atoms with Gasteiger partial charge in [-0.15, -0.1) is 11.3 Å². The third kappa shape index (κ3) is 2.86. The van der Waals surface area contributed by atoms with Crippen LogP contribution in [0.5, 0.6) is 0 Å². The fourth-order valence-electron chi connectivity index (χ4n) is 2.47. The highest BCUT2D eigenvalue weighted by Gasteiger charge is 2.28. The molecule has 1 saturated heterocycles. The largest absolute Gasteiger partial charge is 0.396 e. The monoisotopic (exact) mass is 325 g/mol. The van der Waals surface area contributed by atoms with Crippen LogP contribution in [0.2, 0.25) is 0 Å². The maximum Gasteiger partial charge on any atom is 0.263 e. The molecule has 1 amide bonds. The Kier molecular flexibility index (Phi) is 3.58. The van der Waals surface area contributed by atoms with E-state index in [4.69, 9.17) is 5.73 Å². The fraction of sp³-hybridized carbons (Fsp3) is 0.385. The Labute approximate surface area is 126 Å². The molecule has 0 saturated carbocycles. The van der Waals surface area contributed by atoms with Crippen molar-refractivity contribution in [3.8, 4) is 0 Å². The average Bonchev–Trinajstić information content (AvgIpc) is 2.97. The van der Waals surface area contributed by atoms with E-state index >= 15 is 0 Å². The van der Waals surface area contributed by atoms with Gasteiger partial charge in [-0.2, -0.15) is 0 Å². The van der Waals surface area contributed by atoms with Gasteiger partial charge in [-0.1, -0.05) is 0 Å². The molecule has 3 N–H and O–H groups in total. The molecule has 1 aliphatic heterocycles. The van der Waals surface area contributed by atoms with Gasteiger partial charge >= 0.3 is 0 Å². The highest BCUT2D eigenvalue weighted by atomic mass is 32.2. The zero-order valence-electron chi connectivity index (χ0n) is 11.2. The molecule has 2 aromatic rings. The van der Waals surface area contributed by atoms with Crippen LogP contribution < -0.4 is 11.1 Å². The van der Waals surface area contributed by atoms with Crippen LogP contribution in [0.1, 0.15) is 16.1 Å². The molecular weight excluding hydrogens is 310 g/mol. The van der Waals surface area contributed by atoms with Crippen LogP contribution in [-0.2, 0) is 9.84 Å². The normalized spacial score (nSPS) is 20.7. The molecule has 112 valence electrons. The predicted molar refractivity (Wildman–Crippen MR) is 83.1 cm³/mol. The predicted octanol–water partition coefficient (Wildman–Crippen LogP) is 1.04. The van der Waals surface area contributed by atoms with Crippen molar-refractivity contribution >= 4 is 43.0 Å². The minimum atomic E-state index is -2.92. The number of hydrogen-bond donors (Lipinski definition) is 2. The van der Waals surface area contributed by atoms with Gasteiger partial charge in [-0.05, 0) is 24.5 Å². The van der Waals surface area contributed by atoms with E-state index in [0.717, 1.165) is 4.70 Å². The van der Waals surface area contributed by atoms with E-state index in [2.05, 4.69) is 10.3 Å². The number of hydrogen-bond acceptors (Lipinski definition) is 6. The highest BCUT2D eigenvalue weighted by molar-refractivity contribution is 7.91. The van der Waals surface area contributed by atoms with Gasteiger partial charge in [0.1, 0.15) is 10.4 Å². The van der Waals surface area contributed by atoms with E-state index in [1.165, 1.54) is 11.3 Å². The number of thiophene rings is 1. The number of nitrogen functional groups attached to an aromatic ring is 1. The molecule has 2 aromatic heterocycles. The third-order valence-electron chi connectivity index (χ3n) is 3.57. The Morgan fingerprint density at radius 2 is 2.33 bits per heavy atom. The fourth-order valence-corrected chi connectivity index (χ4v) is 5.33. The lowest BCUT2D eigenvalue weighted by molar-refractivity contribution is 0.0953. The molecule has 0 aromatic carbocycles. The van der Waals surface area contributed by atoms with Gasteiger partial charge in [0.25, 0.3) is 5.91 Å². The lowest BCUT2D eigenvalue weighted by atomic mass is 10.1. The number of aromatic nitrogens is 1. The number of anilines is 1. The summed E-state index contributed by atoms with van der Waals surface area (Å²) in [5.74, 6) is 0.0895. The number of amides is 1. The Balaban J connectivity index is 1.71. The topological polar surface area (TPSA) is 102 Å². The Morgan fingerprint density at radius 3 is 3.00 bits per heavy atom. The number of sulfone groups is 1. The van der Waals surface area contributed by atoms with Crippen molar-refractivity contribution in [2.75, 3.05) is 23.8 Å². The van der Waals surface area contributed by atoms with Crippen LogP contribution >= 0.6 is 11.3 Å². The number of nitrogens with zero attached hydrogens (tertiary/aromatic N) is 1. The number of pyridine rings is 1. The van der Waals surface area contributed by atoms with Crippen molar-refractivity contribution in [1.82, 2.24) is 10.3 Å². The standard InChI is InChI=1S/C13H15N3O3S2/c14-10-11-9(2-1-4-15-11)20-12(10)13(17)16-6-8-3-5-21(18,19)7-8/h1-2,4,8H,3,5-7,14H2,(H,16,17). The molecule has 6 nitrogen and oxygen atoms in total. The van der Waals surface area contributed by atoms with Gasteiger partial charge in [0.05, 0.1) is 21.9 Å². The summed E-state index contributed by atoms with van der Waals surface area (Å²) >= 11 is 1.30. The molecule has 0 aliphatic carbocycles. The summed E-state index contributed by atoms with van der Waals surface area (Å²) in [6.45, 7) is 0.360. The van der Waals surface area contributed by atoms with Crippen LogP contribution in [0, 0.1) is 5.92 Å². The minimum Gasteiger partial charge on any atom is -0.396 e. The first-order chi connectivity index (χ1) is 9.96. The summed E-state index contributed by atoms with van der Waals surface area (Å²) < 4.78 is 23.6. The SMILES string of the molecule is Nc1c(C(=O)NCC2CCS(=O)(=O)C2)sc2cccnc12. The summed E-state index contributed by atoms with van der Waals surface area (Å²) in [6, 6.07) is 3.66. The first-order valence-electron chi connectivity index (χ1n) is 6.58. The summed E-state index contributed by atoms with van der Waals surface area (Å²) in [7, 11) is -2.92. The van der Waals surface area contributed by atoms with Crippen LogP contribution in [0.4, 0.5) is 5.69 Å². The second-order valence-electron chi connectivity index (χ2n) is 5.17. The molecule has 1 unspecified atom stereocenters. The van der Waals surface area contributed by atoms with E-state index < -0.39 is 9.84 Å². The summed E-state index contributed by atoms with van der Waals surface area (Å²) in [5, 5.41) is 2.78. The quantitative estimate of drug-likeness (QED) is 0.878. The van der Waals surface area contributed by atoms with Crippen LogP contribution in [0.25, 0.3) is 10.2 Å². The lowest BCUT2D eigenvalue weighted by Crippen LogP contribution is -2.29. The molecule has 8 heteroatoms. The number of nitrogens with one attached hydrogen (secondary N) is 1. The molecule has 3 rings (SSSR count). The molecule has 1 atom stereocenters. The van der Waals surface area contributed by atoms with Crippen molar-refractivity contribution in [2.24, 2.45) is 5.92 Å². The van der Waals surface area contributed by atoms with Crippen molar-refractivity contribution in [3.63, 3.8) is 0 Å². The Bertz CT molecular complexity index is 798. The van der Waals surface area contributed by atoms with Crippen molar-refractivity contribution in [1.29, 1.82) is 0 Å². The smallest absolute Gasteiger partial charge is 0.263 e. The molecule has 1 fully saturated rings. The van der Waals surface area contributed by atoms with Crippen LogP contribution in [-0.4, -0.2) is 37.4 Å². The first-order valence-corrected chi connectivity index (χ1v) is 9.22. The number of rotatable bonds is 3. The van der Waals surface area contributed by atoms with Crippen LogP contribution in [0.15, 0.2) is 18.3 Å². The van der Waals surface area contributed by atoms with E-state index in [9.17, 15) is 13.2 Å². The average molecular weight is 325 g/mol. The van der Waals surface area contributed by atoms with Gasteiger partial charge in [0.15, 0.2) is 9.84 Å². The zero-order valence-corrected chi connectivity index (χ0v) is 12.8. The van der Waals surface area contributed by atoms with Crippen LogP contribution in [0.3, 0.4) is 0 Å². The van der Waals surface area contributed by atoms with Crippen molar-refractivity contribution < 1.29 is 13.2 Å². The van der Waals surface area contributed by atoms with Gasteiger partial charge in [0.2, 0.25) is 0 Å². The van der Waals surface area contributed by atoms with Crippen molar-refractivity contribution in [3.05, 3.63) is 23.2 Å². The molecule has 21 heavy (non-hydrogen) atoms. The maximum atomic E-state index is 12.2. The lowest BCUT2D eigenvalue weighted by Gasteiger charge is -2.08. The number of carbonyl (C=O) groups excluding carboxylic acids is 1. The molecule has 0 radical (unpaired) electrons.